The molecule has 2 unspecified atom stereocenters. The second-order valence-electron chi connectivity index (χ2n) is 4.70. The molecule has 0 aliphatic carbocycles. The van der Waals surface area contributed by atoms with Gasteiger partial charge in [0, 0.05) is 25.4 Å². The summed E-state index contributed by atoms with van der Waals surface area (Å²) >= 11 is 0. The van der Waals surface area contributed by atoms with Crippen LogP contribution in [0.2, 0.25) is 0 Å². The number of methoxy groups -OCH3 is 1. The molecule has 98 valence electrons. The predicted molar refractivity (Wildman–Crippen MR) is 71.8 cm³/mol. The van der Waals surface area contributed by atoms with Crippen LogP contribution in [-0.4, -0.2) is 32.2 Å². The Morgan fingerprint density at radius 2 is 2.28 bits per heavy atom. The van der Waals surface area contributed by atoms with Crippen molar-refractivity contribution >= 4 is 11.6 Å². The van der Waals surface area contributed by atoms with Crippen LogP contribution in [0.1, 0.15) is 24.8 Å². The first kappa shape index (κ1) is 12.9. The van der Waals surface area contributed by atoms with Gasteiger partial charge < -0.3 is 15.4 Å². The SMILES string of the molecule is COCCNC(=O)C1CC(C)Nc2ccccc21. The standard InChI is InChI=1S/C14H20N2O2/c1-10-9-12(14(17)15-7-8-18-2)11-5-3-4-6-13(11)16-10/h3-6,10,12,16H,7-9H2,1-2H3,(H,15,17). The van der Waals surface area contributed by atoms with Gasteiger partial charge in [0.1, 0.15) is 0 Å². The molecule has 0 aromatic heterocycles. The summed E-state index contributed by atoms with van der Waals surface area (Å²) in [5, 5.41) is 6.33. The maximum atomic E-state index is 12.2. The molecule has 18 heavy (non-hydrogen) atoms. The van der Waals surface area contributed by atoms with Gasteiger partial charge in [0.05, 0.1) is 12.5 Å². The van der Waals surface area contributed by atoms with Crippen molar-refractivity contribution in [2.45, 2.75) is 25.3 Å². The number of rotatable bonds is 4. The Morgan fingerprint density at radius 3 is 3.06 bits per heavy atom. The molecule has 0 bridgehead atoms. The average Bonchev–Trinajstić information content (AvgIpc) is 2.38. The average molecular weight is 248 g/mol. The highest BCUT2D eigenvalue weighted by molar-refractivity contribution is 5.86. The smallest absolute Gasteiger partial charge is 0.227 e. The lowest BCUT2D eigenvalue weighted by Crippen LogP contribution is -2.37. The monoisotopic (exact) mass is 248 g/mol. The van der Waals surface area contributed by atoms with Crippen molar-refractivity contribution in [3.05, 3.63) is 29.8 Å². The molecule has 1 heterocycles. The molecule has 1 aliphatic heterocycles. The van der Waals surface area contributed by atoms with Gasteiger partial charge in [-0.05, 0) is 25.0 Å². The first-order valence-corrected chi connectivity index (χ1v) is 6.34. The van der Waals surface area contributed by atoms with Gasteiger partial charge in [-0.15, -0.1) is 0 Å². The molecule has 0 spiro atoms. The van der Waals surface area contributed by atoms with Gasteiger partial charge in [0.2, 0.25) is 5.91 Å². The van der Waals surface area contributed by atoms with Crippen LogP contribution in [0.15, 0.2) is 24.3 Å². The maximum Gasteiger partial charge on any atom is 0.227 e. The van der Waals surface area contributed by atoms with Gasteiger partial charge in [0.15, 0.2) is 0 Å². The van der Waals surface area contributed by atoms with Crippen LogP contribution >= 0.6 is 0 Å². The second-order valence-corrected chi connectivity index (χ2v) is 4.70. The van der Waals surface area contributed by atoms with Crippen molar-refractivity contribution < 1.29 is 9.53 Å². The zero-order chi connectivity index (χ0) is 13.0. The number of para-hydroxylation sites is 1. The molecule has 4 nitrogen and oxygen atoms in total. The minimum Gasteiger partial charge on any atom is -0.383 e. The molecule has 0 saturated carbocycles. The Bertz CT molecular complexity index is 420. The molecule has 1 aliphatic rings. The van der Waals surface area contributed by atoms with E-state index in [0.29, 0.717) is 19.2 Å². The van der Waals surface area contributed by atoms with Gasteiger partial charge in [0.25, 0.3) is 0 Å². The van der Waals surface area contributed by atoms with Crippen LogP contribution in [0.3, 0.4) is 0 Å². The van der Waals surface area contributed by atoms with Crippen molar-refractivity contribution in [2.75, 3.05) is 25.6 Å². The van der Waals surface area contributed by atoms with E-state index in [1.165, 1.54) is 0 Å². The summed E-state index contributed by atoms with van der Waals surface area (Å²) in [5.41, 5.74) is 2.16. The van der Waals surface area contributed by atoms with Crippen LogP contribution in [0.5, 0.6) is 0 Å². The number of carbonyl (C=O) groups is 1. The summed E-state index contributed by atoms with van der Waals surface area (Å²) < 4.78 is 4.94. The lowest BCUT2D eigenvalue weighted by atomic mass is 9.87. The largest absolute Gasteiger partial charge is 0.383 e. The van der Waals surface area contributed by atoms with Crippen LogP contribution in [0, 0.1) is 0 Å². The van der Waals surface area contributed by atoms with Crippen LogP contribution in [-0.2, 0) is 9.53 Å². The first-order chi connectivity index (χ1) is 8.72. The summed E-state index contributed by atoms with van der Waals surface area (Å²) in [6.07, 6.45) is 0.829. The van der Waals surface area contributed by atoms with E-state index in [-0.39, 0.29) is 11.8 Å². The van der Waals surface area contributed by atoms with E-state index in [0.717, 1.165) is 17.7 Å². The molecular weight excluding hydrogens is 228 g/mol. The fraction of sp³-hybridized carbons (Fsp3) is 0.500. The van der Waals surface area contributed by atoms with E-state index in [2.05, 4.69) is 17.6 Å². The number of nitrogens with one attached hydrogen (secondary N) is 2. The Morgan fingerprint density at radius 1 is 1.50 bits per heavy atom. The van der Waals surface area contributed by atoms with E-state index in [1.807, 2.05) is 24.3 Å². The molecule has 1 aromatic carbocycles. The Labute approximate surface area is 108 Å². The number of carbonyl (C=O) groups excluding carboxylic acids is 1. The van der Waals surface area contributed by atoms with Crippen molar-refractivity contribution in [3.8, 4) is 0 Å². The molecule has 2 rings (SSSR count). The van der Waals surface area contributed by atoms with Gasteiger partial charge >= 0.3 is 0 Å². The van der Waals surface area contributed by atoms with Gasteiger partial charge in [-0.1, -0.05) is 18.2 Å². The van der Waals surface area contributed by atoms with Crippen LogP contribution in [0.4, 0.5) is 5.69 Å². The van der Waals surface area contributed by atoms with Crippen molar-refractivity contribution in [3.63, 3.8) is 0 Å². The summed E-state index contributed by atoms with van der Waals surface area (Å²) in [6, 6.07) is 8.34. The minimum atomic E-state index is -0.0608. The Balaban J connectivity index is 2.10. The normalized spacial score (nSPS) is 21.9. The number of amides is 1. The molecule has 0 fully saturated rings. The molecule has 2 atom stereocenters. The Kier molecular flexibility index (Phi) is 4.20. The summed E-state index contributed by atoms with van der Waals surface area (Å²) in [6.45, 7) is 3.22. The number of anilines is 1. The number of hydrogen-bond acceptors (Lipinski definition) is 3. The highest BCUT2D eigenvalue weighted by Gasteiger charge is 2.28. The lowest BCUT2D eigenvalue weighted by molar-refractivity contribution is -0.123. The van der Waals surface area contributed by atoms with Crippen LogP contribution in [0.25, 0.3) is 0 Å². The molecular formula is C14H20N2O2. The fourth-order valence-corrected chi connectivity index (χ4v) is 2.38. The highest BCUT2D eigenvalue weighted by atomic mass is 16.5. The topological polar surface area (TPSA) is 50.4 Å². The molecule has 2 N–H and O–H groups in total. The summed E-state index contributed by atoms with van der Waals surface area (Å²) in [5.74, 6) is 0.0298. The van der Waals surface area contributed by atoms with E-state index >= 15 is 0 Å². The highest BCUT2D eigenvalue weighted by Crippen LogP contribution is 2.33. The van der Waals surface area contributed by atoms with Gasteiger partial charge in [-0.2, -0.15) is 0 Å². The molecule has 1 amide bonds. The van der Waals surface area contributed by atoms with E-state index < -0.39 is 0 Å². The zero-order valence-electron chi connectivity index (χ0n) is 10.9. The fourth-order valence-electron chi connectivity index (χ4n) is 2.38. The minimum absolute atomic E-state index is 0.0608. The molecule has 4 heteroatoms. The molecule has 1 aromatic rings. The second kappa shape index (κ2) is 5.87. The van der Waals surface area contributed by atoms with Crippen molar-refractivity contribution in [1.82, 2.24) is 5.32 Å². The molecule has 0 radical (unpaired) electrons. The number of fused-ring (bicyclic) bond motifs is 1. The van der Waals surface area contributed by atoms with Crippen molar-refractivity contribution in [2.24, 2.45) is 0 Å². The van der Waals surface area contributed by atoms with Crippen LogP contribution < -0.4 is 10.6 Å². The third-order valence-electron chi connectivity index (χ3n) is 3.25. The van der Waals surface area contributed by atoms with E-state index in [9.17, 15) is 4.79 Å². The van der Waals surface area contributed by atoms with E-state index in [1.54, 1.807) is 7.11 Å². The number of ether oxygens (including phenoxy) is 1. The number of hydrogen-bond donors (Lipinski definition) is 2. The zero-order valence-corrected chi connectivity index (χ0v) is 10.9. The quantitative estimate of drug-likeness (QED) is 0.798. The number of benzene rings is 1. The lowest BCUT2D eigenvalue weighted by Gasteiger charge is -2.30. The maximum absolute atomic E-state index is 12.2. The summed E-state index contributed by atoms with van der Waals surface area (Å²) in [7, 11) is 1.63. The first-order valence-electron chi connectivity index (χ1n) is 6.34. The summed E-state index contributed by atoms with van der Waals surface area (Å²) in [4.78, 5) is 12.2. The third kappa shape index (κ3) is 2.82. The third-order valence-corrected chi connectivity index (χ3v) is 3.25. The van der Waals surface area contributed by atoms with Gasteiger partial charge in [-0.3, -0.25) is 4.79 Å². The Hall–Kier alpha value is -1.55. The molecule has 0 saturated heterocycles. The van der Waals surface area contributed by atoms with Crippen molar-refractivity contribution in [1.29, 1.82) is 0 Å². The predicted octanol–water partition coefficient (Wildman–Crippen LogP) is 1.74. The van der Waals surface area contributed by atoms with E-state index in [4.69, 9.17) is 4.74 Å². The van der Waals surface area contributed by atoms with Gasteiger partial charge in [-0.25, -0.2) is 0 Å².